The van der Waals surface area contributed by atoms with E-state index in [1.165, 1.54) is 30.4 Å². The van der Waals surface area contributed by atoms with Crippen molar-refractivity contribution in [3.8, 4) is 11.5 Å². The molecule has 0 spiro atoms. The van der Waals surface area contributed by atoms with Crippen LogP contribution in [0.2, 0.25) is 0 Å². The number of ether oxygens (including phenoxy) is 2. The standard InChI is InChI=1S/C24H32N2O2/c1-2-27-23-17-21(11-12-22(23)28-18-19-7-4-3-5-8-19)24(20-9-6-10-20)26-15-13-25-14-16-26/h3-5,7-8,11-12,17,20,24-25H,2,6,9-10,13-16,18H2,1H3/t24-/m0/s1. The number of rotatable bonds is 8. The topological polar surface area (TPSA) is 33.7 Å². The van der Waals surface area contributed by atoms with Gasteiger partial charge in [0.05, 0.1) is 6.61 Å². The summed E-state index contributed by atoms with van der Waals surface area (Å²) in [5, 5.41) is 3.48. The van der Waals surface area contributed by atoms with Crippen molar-refractivity contribution >= 4 is 0 Å². The molecule has 4 rings (SSSR count). The minimum atomic E-state index is 0.498. The molecule has 150 valence electrons. The molecule has 1 atom stereocenters. The molecule has 2 aromatic rings. The van der Waals surface area contributed by atoms with Crippen LogP contribution in [0.5, 0.6) is 11.5 Å². The predicted octanol–water partition coefficient (Wildman–Crippen LogP) is 4.41. The van der Waals surface area contributed by atoms with Gasteiger partial charge in [-0.25, -0.2) is 0 Å². The molecule has 0 amide bonds. The first kappa shape index (κ1) is 19.3. The van der Waals surface area contributed by atoms with Gasteiger partial charge < -0.3 is 14.8 Å². The number of piperazine rings is 1. The van der Waals surface area contributed by atoms with Crippen LogP contribution in [0.3, 0.4) is 0 Å². The molecular weight excluding hydrogens is 348 g/mol. The summed E-state index contributed by atoms with van der Waals surface area (Å²) < 4.78 is 12.1. The minimum Gasteiger partial charge on any atom is -0.490 e. The van der Waals surface area contributed by atoms with E-state index in [2.05, 4.69) is 40.5 Å². The lowest BCUT2D eigenvalue weighted by Crippen LogP contribution is -2.47. The van der Waals surface area contributed by atoms with Gasteiger partial charge in [0.1, 0.15) is 6.61 Å². The second-order valence-electron chi connectivity index (χ2n) is 7.84. The smallest absolute Gasteiger partial charge is 0.161 e. The highest BCUT2D eigenvalue weighted by molar-refractivity contribution is 5.44. The first-order chi connectivity index (χ1) is 13.8. The quantitative estimate of drug-likeness (QED) is 0.735. The number of hydrogen-bond acceptors (Lipinski definition) is 4. The molecule has 4 nitrogen and oxygen atoms in total. The minimum absolute atomic E-state index is 0.498. The van der Waals surface area contributed by atoms with Crippen LogP contribution in [0.4, 0.5) is 0 Å². The highest BCUT2D eigenvalue weighted by atomic mass is 16.5. The molecule has 1 saturated heterocycles. The summed E-state index contributed by atoms with van der Waals surface area (Å²) in [4.78, 5) is 2.66. The van der Waals surface area contributed by atoms with Crippen molar-refractivity contribution < 1.29 is 9.47 Å². The largest absolute Gasteiger partial charge is 0.490 e. The Morgan fingerprint density at radius 1 is 1.00 bits per heavy atom. The fraction of sp³-hybridized carbons (Fsp3) is 0.500. The molecule has 0 aromatic heterocycles. The zero-order chi connectivity index (χ0) is 19.2. The molecule has 0 radical (unpaired) electrons. The Balaban J connectivity index is 1.55. The summed E-state index contributed by atoms with van der Waals surface area (Å²) in [5.41, 5.74) is 2.55. The van der Waals surface area contributed by atoms with Crippen molar-refractivity contribution in [2.24, 2.45) is 5.92 Å². The lowest BCUT2D eigenvalue weighted by molar-refractivity contribution is 0.0834. The maximum Gasteiger partial charge on any atom is 0.161 e. The second kappa shape index (κ2) is 9.44. The summed E-state index contributed by atoms with van der Waals surface area (Å²) >= 11 is 0. The van der Waals surface area contributed by atoms with Gasteiger partial charge in [-0.3, -0.25) is 4.90 Å². The Morgan fingerprint density at radius 2 is 1.79 bits per heavy atom. The van der Waals surface area contributed by atoms with Gasteiger partial charge in [-0.1, -0.05) is 42.8 Å². The van der Waals surface area contributed by atoms with Crippen LogP contribution >= 0.6 is 0 Å². The Labute approximate surface area is 168 Å². The van der Waals surface area contributed by atoms with Gasteiger partial charge in [-0.15, -0.1) is 0 Å². The van der Waals surface area contributed by atoms with Gasteiger partial charge in [0.2, 0.25) is 0 Å². The van der Waals surface area contributed by atoms with Crippen LogP contribution in [0, 0.1) is 5.92 Å². The zero-order valence-electron chi connectivity index (χ0n) is 16.9. The van der Waals surface area contributed by atoms with Crippen molar-refractivity contribution in [3.63, 3.8) is 0 Å². The Kier molecular flexibility index (Phi) is 6.50. The Hall–Kier alpha value is -2.04. The number of benzene rings is 2. The number of nitrogens with zero attached hydrogens (tertiary/aromatic N) is 1. The zero-order valence-corrected chi connectivity index (χ0v) is 16.9. The van der Waals surface area contributed by atoms with Crippen molar-refractivity contribution in [1.82, 2.24) is 10.2 Å². The number of nitrogens with one attached hydrogen (secondary N) is 1. The van der Waals surface area contributed by atoms with E-state index in [0.717, 1.165) is 43.6 Å². The summed E-state index contributed by atoms with van der Waals surface area (Å²) in [6, 6.07) is 17.4. The van der Waals surface area contributed by atoms with Crippen LogP contribution in [0.1, 0.15) is 43.4 Å². The highest BCUT2D eigenvalue weighted by Crippen LogP contribution is 2.43. The monoisotopic (exact) mass is 380 g/mol. The molecule has 1 saturated carbocycles. The van der Waals surface area contributed by atoms with E-state index in [0.29, 0.717) is 19.3 Å². The summed E-state index contributed by atoms with van der Waals surface area (Å²) in [6.07, 6.45) is 4.04. The van der Waals surface area contributed by atoms with E-state index in [-0.39, 0.29) is 0 Å². The first-order valence-corrected chi connectivity index (χ1v) is 10.7. The Morgan fingerprint density at radius 3 is 2.46 bits per heavy atom. The van der Waals surface area contributed by atoms with Crippen molar-refractivity contribution in [2.75, 3.05) is 32.8 Å². The third-order valence-electron chi connectivity index (χ3n) is 5.99. The second-order valence-corrected chi connectivity index (χ2v) is 7.84. The van der Waals surface area contributed by atoms with Crippen LogP contribution < -0.4 is 14.8 Å². The average Bonchev–Trinajstić information content (AvgIpc) is 2.71. The Bertz CT molecular complexity index is 740. The van der Waals surface area contributed by atoms with E-state index in [1.54, 1.807) is 0 Å². The van der Waals surface area contributed by atoms with Gasteiger partial charge >= 0.3 is 0 Å². The van der Waals surface area contributed by atoms with Crippen molar-refractivity contribution in [1.29, 1.82) is 0 Å². The fourth-order valence-electron chi connectivity index (χ4n) is 4.33. The van der Waals surface area contributed by atoms with Crippen molar-refractivity contribution in [3.05, 3.63) is 59.7 Å². The van der Waals surface area contributed by atoms with E-state index in [4.69, 9.17) is 9.47 Å². The predicted molar refractivity (Wildman–Crippen MR) is 113 cm³/mol. The average molecular weight is 381 g/mol. The third-order valence-corrected chi connectivity index (χ3v) is 5.99. The number of hydrogen-bond donors (Lipinski definition) is 1. The SMILES string of the molecule is CCOc1cc([C@H](C2CCC2)N2CCNCC2)ccc1OCc1ccccc1. The fourth-order valence-corrected chi connectivity index (χ4v) is 4.33. The van der Waals surface area contributed by atoms with E-state index in [1.807, 2.05) is 25.1 Å². The molecule has 2 aliphatic rings. The molecule has 1 heterocycles. The molecule has 28 heavy (non-hydrogen) atoms. The third kappa shape index (κ3) is 4.50. The maximum absolute atomic E-state index is 6.11. The van der Waals surface area contributed by atoms with Gasteiger partial charge in [-0.2, -0.15) is 0 Å². The van der Waals surface area contributed by atoms with Crippen LogP contribution in [-0.2, 0) is 6.61 Å². The summed E-state index contributed by atoms with van der Waals surface area (Å²) in [5.74, 6) is 2.47. The lowest BCUT2D eigenvalue weighted by Gasteiger charge is -2.43. The highest BCUT2D eigenvalue weighted by Gasteiger charge is 2.34. The van der Waals surface area contributed by atoms with Gasteiger partial charge in [0, 0.05) is 32.2 Å². The van der Waals surface area contributed by atoms with Gasteiger partial charge in [0.15, 0.2) is 11.5 Å². The normalized spacial score (nSPS) is 19.0. The molecular formula is C24H32N2O2. The van der Waals surface area contributed by atoms with E-state index in [9.17, 15) is 0 Å². The van der Waals surface area contributed by atoms with Crippen LogP contribution in [0.15, 0.2) is 48.5 Å². The molecule has 2 fully saturated rings. The van der Waals surface area contributed by atoms with Crippen LogP contribution in [0.25, 0.3) is 0 Å². The van der Waals surface area contributed by atoms with Gasteiger partial charge in [0.25, 0.3) is 0 Å². The van der Waals surface area contributed by atoms with E-state index >= 15 is 0 Å². The molecule has 1 aliphatic carbocycles. The summed E-state index contributed by atoms with van der Waals surface area (Å²) in [6.45, 7) is 7.65. The van der Waals surface area contributed by atoms with Crippen molar-refractivity contribution in [2.45, 2.75) is 38.8 Å². The molecule has 4 heteroatoms. The molecule has 1 aliphatic heterocycles. The molecule has 1 N–H and O–H groups in total. The lowest BCUT2D eigenvalue weighted by atomic mass is 9.76. The molecule has 0 unspecified atom stereocenters. The van der Waals surface area contributed by atoms with E-state index < -0.39 is 0 Å². The molecule has 2 aromatic carbocycles. The van der Waals surface area contributed by atoms with Crippen LogP contribution in [-0.4, -0.2) is 37.7 Å². The first-order valence-electron chi connectivity index (χ1n) is 10.7. The molecule has 0 bridgehead atoms. The summed E-state index contributed by atoms with van der Waals surface area (Å²) in [7, 11) is 0. The van der Waals surface area contributed by atoms with Gasteiger partial charge in [-0.05, 0) is 48.9 Å². The maximum atomic E-state index is 6.11.